The zero-order chi connectivity index (χ0) is 9.26. The van der Waals surface area contributed by atoms with E-state index in [0.29, 0.717) is 0 Å². The number of thiophene rings is 1. The summed E-state index contributed by atoms with van der Waals surface area (Å²) < 4.78 is 1.24. The second-order valence-electron chi connectivity index (χ2n) is 2.83. The molecule has 13 heavy (non-hydrogen) atoms. The van der Waals surface area contributed by atoms with E-state index in [9.17, 15) is 0 Å². The number of hydrogen-bond donors (Lipinski definition) is 1. The Balaban J connectivity index is 2.66. The van der Waals surface area contributed by atoms with Crippen LogP contribution >= 0.6 is 11.3 Å². The van der Waals surface area contributed by atoms with Crippen molar-refractivity contribution in [2.45, 2.75) is 6.04 Å². The third-order valence-electron chi connectivity index (χ3n) is 2.03. The molecule has 0 spiro atoms. The maximum atomic E-state index is 5.78. The van der Waals surface area contributed by atoms with Crippen molar-refractivity contribution in [2.24, 2.45) is 5.73 Å². The predicted octanol–water partition coefficient (Wildman–Crippen LogP) is 2.53. The van der Waals surface area contributed by atoms with Crippen LogP contribution in [-0.2, 0) is 0 Å². The zero-order valence-corrected chi connectivity index (χ0v) is 7.84. The summed E-state index contributed by atoms with van der Waals surface area (Å²) in [5.74, 6) is 2.54. The maximum Gasteiger partial charge on any atom is 0.0932 e. The number of rotatable bonds is 1. The van der Waals surface area contributed by atoms with Crippen LogP contribution in [-0.4, -0.2) is 0 Å². The molecule has 1 unspecified atom stereocenters. The Bertz CT molecular complexity index is 464. The smallest absolute Gasteiger partial charge is 0.0932 e. The van der Waals surface area contributed by atoms with Crippen molar-refractivity contribution in [3.05, 3.63) is 35.2 Å². The van der Waals surface area contributed by atoms with Crippen LogP contribution in [0, 0.1) is 12.3 Å². The highest BCUT2D eigenvalue weighted by Crippen LogP contribution is 2.28. The molecule has 2 heteroatoms. The third kappa shape index (κ3) is 1.33. The van der Waals surface area contributed by atoms with E-state index >= 15 is 0 Å². The van der Waals surface area contributed by atoms with Gasteiger partial charge in [0.2, 0.25) is 0 Å². The number of benzene rings is 1. The van der Waals surface area contributed by atoms with E-state index in [4.69, 9.17) is 12.2 Å². The Morgan fingerprint density at radius 3 is 2.92 bits per heavy atom. The molecule has 1 aromatic carbocycles. The molecular formula is C11H9NS. The van der Waals surface area contributed by atoms with Gasteiger partial charge >= 0.3 is 0 Å². The lowest BCUT2D eigenvalue weighted by Gasteiger charge is -2.01. The molecule has 1 heterocycles. The molecule has 0 saturated heterocycles. The fourth-order valence-electron chi connectivity index (χ4n) is 1.33. The molecule has 2 N–H and O–H groups in total. The van der Waals surface area contributed by atoms with Crippen LogP contribution in [0.2, 0.25) is 0 Å². The van der Waals surface area contributed by atoms with Crippen LogP contribution in [0.4, 0.5) is 0 Å². The number of fused-ring (bicyclic) bond motifs is 1. The molecule has 0 aliphatic rings. The summed E-state index contributed by atoms with van der Waals surface area (Å²) in [6, 6.07) is 7.87. The number of nitrogens with two attached hydrogens (primary N) is 1. The molecule has 2 aromatic rings. The van der Waals surface area contributed by atoms with Gasteiger partial charge in [-0.25, -0.2) is 0 Å². The largest absolute Gasteiger partial charge is 0.314 e. The van der Waals surface area contributed by atoms with Crippen molar-refractivity contribution in [3.63, 3.8) is 0 Å². The molecule has 0 radical (unpaired) electrons. The van der Waals surface area contributed by atoms with Gasteiger partial charge in [-0.3, -0.25) is 0 Å². The predicted molar refractivity (Wildman–Crippen MR) is 57.6 cm³/mol. The van der Waals surface area contributed by atoms with Crippen LogP contribution in [0.25, 0.3) is 10.1 Å². The van der Waals surface area contributed by atoms with Gasteiger partial charge in [0.1, 0.15) is 0 Å². The Labute approximate surface area is 81.2 Å². The molecule has 1 nitrogen and oxygen atoms in total. The first-order valence-electron chi connectivity index (χ1n) is 4.01. The van der Waals surface area contributed by atoms with Gasteiger partial charge in [-0.15, -0.1) is 17.8 Å². The first kappa shape index (κ1) is 8.31. The fourth-order valence-corrected chi connectivity index (χ4v) is 2.33. The highest BCUT2D eigenvalue weighted by Gasteiger charge is 2.07. The monoisotopic (exact) mass is 187 g/mol. The molecule has 0 aliphatic heterocycles. The standard InChI is InChI=1S/C11H9NS/c1-2-10(12)9-7-13-11-6-4-3-5-8(9)11/h1,3-7,10H,12H2. The van der Waals surface area contributed by atoms with Crippen molar-refractivity contribution >= 4 is 21.4 Å². The summed E-state index contributed by atoms with van der Waals surface area (Å²) in [7, 11) is 0. The molecular weight excluding hydrogens is 178 g/mol. The van der Waals surface area contributed by atoms with Gasteiger partial charge in [-0.05, 0) is 22.4 Å². The van der Waals surface area contributed by atoms with E-state index < -0.39 is 0 Å². The Kier molecular flexibility index (Phi) is 2.05. The number of hydrogen-bond acceptors (Lipinski definition) is 2. The average Bonchev–Trinajstić information content (AvgIpc) is 2.60. The van der Waals surface area contributed by atoms with Crippen molar-refractivity contribution in [3.8, 4) is 12.3 Å². The van der Waals surface area contributed by atoms with Gasteiger partial charge in [0.25, 0.3) is 0 Å². The molecule has 0 bridgehead atoms. The van der Waals surface area contributed by atoms with Crippen molar-refractivity contribution in [1.29, 1.82) is 0 Å². The molecule has 0 amide bonds. The topological polar surface area (TPSA) is 26.0 Å². The summed E-state index contributed by atoms with van der Waals surface area (Å²) in [6.45, 7) is 0. The molecule has 64 valence electrons. The van der Waals surface area contributed by atoms with E-state index in [2.05, 4.69) is 18.1 Å². The molecule has 2 rings (SSSR count). The van der Waals surface area contributed by atoms with Crippen LogP contribution < -0.4 is 5.73 Å². The minimum Gasteiger partial charge on any atom is -0.314 e. The van der Waals surface area contributed by atoms with Gasteiger partial charge in [-0.1, -0.05) is 24.1 Å². The maximum absolute atomic E-state index is 5.78. The molecule has 0 aliphatic carbocycles. The van der Waals surface area contributed by atoms with Crippen LogP contribution in [0.15, 0.2) is 29.6 Å². The quantitative estimate of drug-likeness (QED) is 0.682. The summed E-state index contributed by atoms with van der Waals surface area (Å²) in [6.07, 6.45) is 5.28. The van der Waals surface area contributed by atoms with Crippen molar-refractivity contribution in [2.75, 3.05) is 0 Å². The van der Waals surface area contributed by atoms with E-state index in [-0.39, 0.29) is 6.04 Å². The molecule has 1 atom stereocenters. The van der Waals surface area contributed by atoms with E-state index in [1.54, 1.807) is 11.3 Å². The van der Waals surface area contributed by atoms with Crippen LogP contribution in [0.1, 0.15) is 11.6 Å². The highest BCUT2D eigenvalue weighted by atomic mass is 32.1. The number of terminal acetylenes is 1. The highest BCUT2D eigenvalue weighted by molar-refractivity contribution is 7.17. The van der Waals surface area contributed by atoms with E-state index in [1.807, 2.05) is 17.5 Å². The average molecular weight is 187 g/mol. The van der Waals surface area contributed by atoms with Crippen molar-refractivity contribution in [1.82, 2.24) is 0 Å². The SMILES string of the molecule is C#CC(N)c1csc2ccccc12. The summed E-state index contributed by atoms with van der Waals surface area (Å²) in [5.41, 5.74) is 6.83. The first-order valence-corrected chi connectivity index (χ1v) is 4.88. The second-order valence-corrected chi connectivity index (χ2v) is 3.74. The van der Waals surface area contributed by atoms with Gasteiger partial charge in [0.05, 0.1) is 6.04 Å². The Morgan fingerprint density at radius 2 is 2.15 bits per heavy atom. The molecule has 1 aromatic heterocycles. The Morgan fingerprint density at radius 1 is 1.38 bits per heavy atom. The first-order chi connectivity index (χ1) is 6.33. The minimum absolute atomic E-state index is 0.281. The van der Waals surface area contributed by atoms with Gasteiger partial charge in [0.15, 0.2) is 0 Å². The lowest BCUT2D eigenvalue weighted by atomic mass is 10.1. The normalized spacial score (nSPS) is 12.6. The lowest BCUT2D eigenvalue weighted by molar-refractivity contribution is 0.963. The third-order valence-corrected chi connectivity index (χ3v) is 3.01. The van der Waals surface area contributed by atoms with Crippen LogP contribution in [0.3, 0.4) is 0 Å². The van der Waals surface area contributed by atoms with Gasteiger partial charge in [-0.2, -0.15) is 0 Å². The molecule has 0 fully saturated rings. The zero-order valence-electron chi connectivity index (χ0n) is 7.03. The minimum atomic E-state index is -0.281. The fraction of sp³-hybridized carbons (Fsp3) is 0.0909. The van der Waals surface area contributed by atoms with E-state index in [1.165, 1.54) is 10.1 Å². The summed E-state index contributed by atoms with van der Waals surface area (Å²) in [4.78, 5) is 0. The van der Waals surface area contributed by atoms with Crippen LogP contribution in [0.5, 0.6) is 0 Å². The summed E-state index contributed by atoms with van der Waals surface area (Å²) in [5, 5.41) is 3.22. The second kappa shape index (κ2) is 3.21. The van der Waals surface area contributed by atoms with Gasteiger partial charge in [0, 0.05) is 4.70 Å². The summed E-state index contributed by atoms with van der Waals surface area (Å²) >= 11 is 1.68. The van der Waals surface area contributed by atoms with Crippen molar-refractivity contribution < 1.29 is 0 Å². The van der Waals surface area contributed by atoms with Gasteiger partial charge < -0.3 is 5.73 Å². The van der Waals surface area contributed by atoms with E-state index in [0.717, 1.165) is 5.56 Å². The molecule has 0 saturated carbocycles. The lowest BCUT2D eigenvalue weighted by Crippen LogP contribution is -2.05. The Hall–Kier alpha value is -1.30.